The smallest absolute Gasteiger partial charge is 0.230 e. The van der Waals surface area contributed by atoms with E-state index in [1.165, 1.54) is 11.8 Å². The molecule has 0 bridgehead atoms. The number of aromatic nitrogens is 3. The second-order valence-corrected chi connectivity index (χ2v) is 6.45. The van der Waals surface area contributed by atoms with Gasteiger partial charge >= 0.3 is 0 Å². The molecule has 0 spiro atoms. The first kappa shape index (κ1) is 17.3. The van der Waals surface area contributed by atoms with E-state index in [4.69, 9.17) is 4.42 Å². The molecule has 6 nitrogen and oxygen atoms in total. The van der Waals surface area contributed by atoms with Crippen molar-refractivity contribution in [1.82, 2.24) is 20.1 Å². The fraction of sp³-hybridized carbons (Fsp3) is 0.278. The second kappa shape index (κ2) is 8.02. The first-order valence-electron chi connectivity index (χ1n) is 8.15. The van der Waals surface area contributed by atoms with Gasteiger partial charge in [0.1, 0.15) is 5.76 Å². The molecule has 130 valence electrons. The molecule has 7 heteroatoms. The van der Waals surface area contributed by atoms with Crippen LogP contribution < -0.4 is 5.32 Å². The number of nitrogens with zero attached hydrogens (tertiary/aromatic N) is 3. The van der Waals surface area contributed by atoms with E-state index < -0.39 is 0 Å². The molecule has 0 atom stereocenters. The molecule has 0 aliphatic rings. The standard InChI is InChI=1S/C18H20N4O2S/c1-3-10-19-16(23)12-25-18-21-20-17(15-9-11-24-13(15)2)22(18)14-7-5-4-6-8-14/h4-9,11H,3,10,12H2,1-2H3,(H,19,23). The Morgan fingerprint density at radius 1 is 1.24 bits per heavy atom. The first-order valence-corrected chi connectivity index (χ1v) is 9.14. The van der Waals surface area contributed by atoms with E-state index in [0.29, 0.717) is 23.3 Å². The molecule has 1 amide bonds. The molecule has 0 fully saturated rings. The van der Waals surface area contributed by atoms with Gasteiger partial charge in [-0.1, -0.05) is 36.9 Å². The van der Waals surface area contributed by atoms with Crippen LogP contribution >= 0.6 is 11.8 Å². The third kappa shape index (κ3) is 3.93. The zero-order valence-electron chi connectivity index (χ0n) is 14.2. The average molecular weight is 356 g/mol. The number of nitrogens with one attached hydrogen (secondary N) is 1. The summed E-state index contributed by atoms with van der Waals surface area (Å²) in [5, 5.41) is 12.2. The summed E-state index contributed by atoms with van der Waals surface area (Å²) in [6, 6.07) is 11.7. The molecular weight excluding hydrogens is 336 g/mol. The van der Waals surface area contributed by atoms with Crippen LogP contribution in [0.25, 0.3) is 17.1 Å². The number of aryl methyl sites for hydroxylation is 1. The van der Waals surface area contributed by atoms with Gasteiger partial charge < -0.3 is 9.73 Å². The number of benzene rings is 1. The van der Waals surface area contributed by atoms with Gasteiger partial charge in [0.05, 0.1) is 17.6 Å². The minimum Gasteiger partial charge on any atom is -0.469 e. The van der Waals surface area contributed by atoms with Crippen LogP contribution in [0.3, 0.4) is 0 Å². The second-order valence-electron chi connectivity index (χ2n) is 5.51. The van der Waals surface area contributed by atoms with Crippen molar-refractivity contribution >= 4 is 17.7 Å². The quantitative estimate of drug-likeness (QED) is 0.656. The van der Waals surface area contributed by atoms with Gasteiger partial charge in [-0.05, 0) is 31.5 Å². The van der Waals surface area contributed by atoms with E-state index in [1.807, 2.05) is 54.8 Å². The van der Waals surface area contributed by atoms with Gasteiger partial charge in [0.25, 0.3) is 0 Å². The Kier molecular flexibility index (Phi) is 5.55. The van der Waals surface area contributed by atoms with Crippen molar-refractivity contribution in [3.8, 4) is 17.1 Å². The third-order valence-electron chi connectivity index (χ3n) is 3.65. The molecule has 3 aromatic rings. The Morgan fingerprint density at radius 3 is 2.72 bits per heavy atom. The maximum Gasteiger partial charge on any atom is 0.230 e. The summed E-state index contributed by atoms with van der Waals surface area (Å²) >= 11 is 1.37. The molecular formula is C18H20N4O2S. The lowest BCUT2D eigenvalue weighted by Crippen LogP contribution is -2.25. The monoisotopic (exact) mass is 356 g/mol. The van der Waals surface area contributed by atoms with E-state index in [-0.39, 0.29) is 5.91 Å². The first-order chi connectivity index (χ1) is 12.2. The van der Waals surface area contributed by atoms with Gasteiger partial charge in [0.2, 0.25) is 5.91 Å². The molecule has 0 unspecified atom stereocenters. The van der Waals surface area contributed by atoms with Crippen molar-refractivity contribution in [3.05, 3.63) is 48.4 Å². The SMILES string of the molecule is CCCNC(=O)CSc1nnc(-c2ccoc2C)n1-c1ccccc1. The number of hydrogen-bond donors (Lipinski definition) is 1. The van der Waals surface area contributed by atoms with Crippen LogP contribution in [0.4, 0.5) is 0 Å². The summed E-state index contributed by atoms with van der Waals surface area (Å²) in [5.41, 5.74) is 1.83. The topological polar surface area (TPSA) is 73.0 Å². The van der Waals surface area contributed by atoms with Crippen LogP contribution in [-0.2, 0) is 4.79 Å². The molecule has 2 heterocycles. The van der Waals surface area contributed by atoms with Crippen LogP contribution in [0.2, 0.25) is 0 Å². The van der Waals surface area contributed by atoms with Crippen molar-refractivity contribution in [3.63, 3.8) is 0 Å². The zero-order valence-corrected chi connectivity index (χ0v) is 15.0. The van der Waals surface area contributed by atoms with E-state index >= 15 is 0 Å². The Labute approximate surface area is 150 Å². The van der Waals surface area contributed by atoms with Gasteiger partial charge in [0.15, 0.2) is 11.0 Å². The Bertz CT molecular complexity index is 842. The minimum atomic E-state index is -0.00416. The predicted molar refractivity (Wildman–Crippen MR) is 97.8 cm³/mol. The highest BCUT2D eigenvalue weighted by molar-refractivity contribution is 7.99. The number of furan rings is 1. The third-order valence-corrected chi connectivity index (χ3v) is 4.58. The Hall–Kier alpha value is -2.54. The molecule has 0 aliphatic heterocycles. The molecule has 2 aromatic heterocycles. The van der Waals surface area contributed by atoms with Gasteiger partial charge in [-0.25, -0.2) is 0 Å². The van der Waals surface area contributed by atoms with Gasteiger partial charge in [0, 0.05) is 12.2 Å². The molecule has 0 saturated heterocycles. The van der Waals surface area contributed by atoms with Gasteiger partial charge in [-0.3, -0.25) is 9.36 Å². The molecule has 1 aromatic carbocycles. The highest BCUT2D eigenvalue weighted by Crippen LogP contribution is 2.30. The van der Waals surface area contributed by atoms with Crippen molar-refractivity contribution in [2.75, 3.05) is 12.3 Å². The molecule has 25 heavy (non-hydrogen) atoms. The van der Waals surface area contributed by atoms with Gasteiger partial charge in [-0.15, -0.1) is 10.2 Å². The number of rotatable bonds is 7. The summed E-state index contributed by atoms with van der Waals surface area (Å²) in [6.07, 6.45) is 2.56. The van der Waals surface area contributed by atoms with Crippen LogP contribution in [0.1, 0.15) is 19.1 Å². The van der Waals surface area contributed by atoms with Crippen LogP contribution in [0, 0.1) is 6.92 Å². The summed E-state index contributed by atoms with van der Waals surface area (Å²) in [6.45, 7) is 4.60. The van der Waals surface area contributed by atoms with Crippen LogP contribution in [-0.4, -0.2) is 33.0 Å². The van der Waals surface area contributed by atoms with Crippen molar-refractivity contribution in [2.24, 2.45) is 0 Å². The molecule has 0 radical (unpaired) electrons. The Balaban J connectivity index is 1.92. The largest absolute Gasteiger partial charge is 0.469 e. The number of amides is 1. The number of carbonyl (C=O) groups excluding carboxylic acids is 1. The van der Waals surface area contributed by atoms with Crippen LogP contribution in [0.5, 0.6) is 0 Å². The van der Waals surface area contributed by atoms with E-state index in [1.54, 1.807) is 6.26 Å². The predicted octanol–water partition coefficient (Wildman–Crippen LogP) is 3.45. The summed E-state index contributed by atoms with van der Waals surface area (Å²) in [4.78, 5) is 11.9. The highest BCUT2D eigenvalue weighted by atomic mass is 32.2. The normalized spacial score (nSPS) is 10.8. The number of carbonyl (C=O) groups is 1. The van der Waals surface area contributed by atoms with E-state index in [9.17, 15) is 4.79 Å². The van der Waals surface area contributed by atoms with E-state index in [0.717, 1.165) is 23.4 Å². The maximum absolute atomic E-state index is 11.9. The van der Waals surface area contributed by atoms with E-state index in [2.05, 4.69) is 15.5 Å². The van der Waals surface area contributed by atoms with Crippen LogP contribution in [0.15, 0.2) is 52.2 Å². The average Bonchev–Trinajstić information content (AvgIpc) is 3.24. The summed E-state index contributed by atoms with van der Waals surface area (Å²) < 4.78 is 7.36. The minimum absolute atomic E-state index is 0.00416. The van der Waals surface area contributed by atoms with Gasteiger partial charge in [-0.2, -0.15) is 0 Å². The number of hydrogen-bond acceptors (Lipinski definition) is 5. The van der Waals surface area contributed by atoms with Crippen molar-refractivity contribution in [2.45, 2.75) is 25.4 Å². The summed E-state index contributed by atoms with van der Waals surface area (Å²) in [7, 11) is 0. The number of para-hydroxylation sites is 1. The zero-order chi connectivity index (χ0) is 17.6. The fourth-order valence-electron chi connectivity index (χ4n) is 2.41. The molecule has 3 rings (SSSR count). The highest BCUT2D eigenvalue weighted by Gasteiger charge is 2.19. The fourth-order valence-corrected chi connectivity index (χ4v) is 3.19. The lowest BCUT2D eigenvalue weighted by atomic mass is 10.2. The maximum atomic E-state index is 11.9. The van der Waals surface area contributed by atoms with Crippen molar-refractivity contribution in [1.29, 1.82) is 0 Å². The summed E-state index contributed by atoms with van der Waals surface area (Å²) in [5.74, 6) is 1.78. The lowest BCUT2D eigenvalue weighted by Gasteiger charge is -2.10. The molecule has 0 aliphatic carbocycles. The molecule has 1 N–H and O–H groups in total. The lowest BCUT2D eigenvalue weighted by molar-refractivity contribution is -0.118. The van der Waals surface area contributed by atoms with Crippen molar-refractivity contribution < 1.29 is 9.21 Å². The number of thioether (sulfide) groups is 1. The molecule has 0 saturated carbocycles. The Morgan fingerprint density at radius 2 is 2.04 bits per heavy atom.